The molecule has 4 rings (SSSR count). The first-order chi connectivity index (χ1) is 11.2. The molecule has 0 radical (unpaired) electrons. The number of ether oxygens (including phenoxy) is 2. The van der Waals surface area contributed by atoms with Gasteiger partial charge in [-0.1, -0.05) is 55.5 Å². The summed E-state index contributed by atoms with van der Waals surface area (Å²) >= 11 is 0. The smallest absolute Gasteiger partial charge is 0.231 e. The van der Waals surface area contributed by atoms with Crippen molar-refractivity contribution in [2.45, 2.75) is 31.6 Å². The van der Waals surface area contributed by atoms with Gasteiger partial charge in [0.15, 0.2) is 11.5 Å². The van der Waals surface area contributed by atoms with Crippen LogP contribution in [0.1, 0.15) is 30.9 Å². The Balaban J connectivity index is 1.54. The van der Waals surface area contributed by atoms with Gasteiger partial charge in [0.05, 0.1) is 0 Å². The van der Waals surface area contributed by atoms with Crippen LogP contribution in [0.2, 0.25) is 0 Å². The number of aryl methyl sites for hydroxylation is 1. The van der Waals surface area contributed by atoms with Crippen molar-refractivity contribution in [2.75, 3.05) is 6.79 Å². The molecule has 2 heteroatoms. The molecular formula is C21H22O2. The van der Waals surface area contributed by atoms with Crippen LogP contribution >= 0.6 is 0 Å². The maximum atomic E-state index is 5.55. The highest BCUT2D eigenvalue weighted by Gasteiger charge is 2.47. The monoisotopic (exact) mass is 306 g/mol. The fraction of sp³-hybridized carbons (Fsp3) is 0.333. The quantitative estimate of drug-likeness (QED) is 0.749. The van der Waals surface area contributed by atoms with Crippen LogP contribution in [0.15, 0.2) is 60.7 Å². The Kier molecular flexibility index (Phi) is 3.41. The zero-order chi connectivity index (χ0) is 15.9. The summed E-state index contributed by atoms with van der Waals surface area (Å²) in [6, 6.07) is 17.1. The number of benzene rings is 2. The van der Waals surface area contributed by atoms with Gasteiger partial charge in [-0.25, -0.2) is 0 Å². The second-order valence-corrected chi connectivity index (χ2v) is 6.80. The predicted octanol–water partition coefficient (Wildman–Crippen LogP) is 4.88. The highest BCUT2D eigenvalue weighted by Crippen LogP contribution is 2.55. The molecule has 0 aromatic heterocycles. The highest BCUT2D eigenvalue weighted by atomic mass is 16.7. The zero-order valence-electron chi connectivity index (χ0n) is 13.5. The molecule has 0 unspecified atom stereocenters. The van der Waals surface area contributed by atoms with E-state index in [-0.39, 0.29) is 5.41 Å². The van der Waals surface area contributed by atoms with Crippen molar-refractivity contribution < 1.29 is 9.47 Å². The second kappa shape index (κ2) is 5.45. The minimum absolute atomic E-state index is 0.0513. The molecule has 1 aliphatic heterocycles. The van der Waals surface area contributed by atoms with E-state index in [4.69, 9.17) is 9.47 Å². The van der Waals surface area contributed by atoms with E-state index in [1.54, 1.807) is 0 Å². The molecule has 1 saturated carbocycles. The summed E-state index contributed by atoms with van der Waals surface area (Å²) in [6.07, 6.45) is 3.44. The van der Waals surface area contributed by atoms with Gasteiger partial charge in [0.1, 0.15) is 0 Å². The summed E-state index contributed by atoms with van der Waals surface area (Å²) in [6.45, 7) is 6.97. The molecule has 2 aromatic carbocycles. The van der Waals surface area contributed by atoms with E-state index < -0.39 is 0 Å². The zero-order valence-corrected chi connectivity index (χ0v) is 13.5. The Morgan fingerprint density at radius 2 is 1.87 bits per heavy atom. The molecular weight excluding hydrogens is 284 g/mol. The van der Waals surface area contributed by atoms with Crippen LogP contribution in [0.25, 0.3) is 0 Å². The lowest BCUT2D eigenvalue weighted by Gasteiger charge is -2.50. The largest absolute Gasteiger partial charge is 0.454 e. The summed E-state index contributed by atoms with van der Waals surface area (Å²) in [4.78, 5) is 0. The third-order valence-corrected chi connectivity index (χ3v) is 5.64. The first-order valence-electron chi connectivity index (χ1n) is 8.30. The van der Waals surface area contributed by atoms with Crippen molar-refractivity contribution in [3.05, 3.63) is 71.8 Å². The average Bonchev–Trinajstić information content (AvgIpc) is 3.06. The third-order valence-electron chi connectivity index (χ3n) is 5.64. The minimum atomic E-state index is 0.0513. The summed E-state index contributed by atoms with van der Waals surface area (Å²) in [5.74, 6) is 2.35. The molecule has 1 heterocycles. The Morgan fingerprint density at radius 1 is 1.09 bits per heavy atom. The van der Waals surface area contributed by atoms with Crippen molar-refractivity contribution in [2.24, 2.45) is 5.92 Å². The Morgan fingerprint density at radius 3 is 2.65 bits per heavy atom. The minimum Gasteiger partial charge on any atom is -0.454 e. The molecule has 2 aromatic rings. The number of fused-ring (bicyclic) bond motifs is 1. The predicted molar refractivity (Wildman–Crippen MR) is 91.9 cm³/mol. The van der Waals surface area contributed by atoms with Gasteiger partial charge in [-0.3, -0.25) is 0 Å². The topological polar surface area (TPSA) is 18.5 Å². The first kappa shape index (κ1) is 14.4. The number of allylic oxidation sites excluding steroid dienone is 1. The molecule has 118 valence electrons. The van der Waals surface area contributed by atoms with Gasteiger partial charge in [0.2, 0.25) is 6.79 Å². The van der Waals surface area contributed by atoms with Crippen LogP contribution in [0.4, 0.5) is 0 Å². The van der Waals surface area contributed by atoms with Crippen LogP contribution in [0.5, 0.6) is 11.5 Å². The lowest BCUT2D eigenvalue weighted by molar-refractivity contribution is 0.173. The van der Waals surface area contributed by atoms with Crippen molar-refractivity contribution in [1.82, 2.24) is 0 Å². The summed E-state index contributed by atoms with van der Waals surface area (Å²) < 4.78 is 11.0. The van der Waals surface area contributed by atoms with Crippen LogP contribution in [-0.2, 0) is 11.8 Å². The standard InChI is InChI=1S/C21H22O2/c1-15-12-17(9-8-16-6-4-3-5-7-16)21(15,2)18-10-11-19-20(13-18)23-14-22-19/h3-7,10-11,13,17H,1,8-9,12,14H2,2H3/t17-,21-/m0/s1. The van der Waals surface area contributed by atoms with Gasteiger partial charge in [-0.15, -0.1) is 0 Å². The normalized spacial score (nSPS) is 25.3. The summed E-state index contributed by atoms with van der Waals surface area (Å²) in [7, 11) is 0. The van der Waals surface area contributed by atoms with Crippen LogP contribution in [0.3, 0.4) is 0 Å². The van der Waals surface area contributed by atoms with E-state index in [1.807, 2.05) is 6.07 Å². The summed E-state index contributed by atoms with van der Waals surface area (Å²) in [5, 5.41) is 0. The molecule has 0 amide bonds. The Hall–Kier alpha value is -2.22. The Bertz CT molecular complexity index is 735. The van der Waals surface area contributed by atoms with Crippen molar-refractivity contribution >= 4 is 0 Å². The lowest BCUT2D eigenvalue weighted by Crippen LogP contribution is -2.44. The van der Waals surface area contributed by atoms with Gasteiger partial charge in [0.25, 0.3) is 0 Å². The lowest BCUT2D eigenvalue weighted by atomic mass is 9.53. The molecule has 2 atom stereocenters. The molecule has 0 N–H and O–H groups in total. The van der Waals surface area contributed by atoms with Crippen LogP contribution < -0.4 is 9.47 Å². The summed E-state index contributed by atoms with van der Waals surface area (Å²) in [5.41, 5.74) is 4.10. The molecule has 0 bridgehead atoms. The Labute approximate surface area is 137 Å². The average molecular weight is 306 g/mol. The number of rotatable bonds is 4. The maximum absolute atomic E-state index is 5.55. The number of hydrogen-bond donors (Lipinski definition) is 0. The van der Waals surface area contributed by atoms with Crippen molar-refractivity contribution in [3.63, 3.8) is 0 Å². The highest BCUT2D eigenvalue weighted by molar-refractivity contribution is 5.51. The van der Waals surface area contributed by atoms with Gasteiger partial charge >= 0.3 is 0 Å². The van der Waals surface area contributed by atoms with E-state index in [1.165, 1.54) is 23.1 Å². The molecule has 0 spiro atoms. The molecule has 1 fully saturated rings. The van der Waals surface area contributed by atoms with Gasteiger partial charge in [-0.05, 0) is 48.4 Å². The van der Waals surface area contributed by atoms with Gasteiger partial charge in [0, 0.05) is 5.41 Å². The molecule has 23 heavy (non-hydrogen) atoms. The molecule has 2 aliphatic rings. The first-order valence-corrected chi connectivity index (χ1v) is 8.30. The van der Waals surface area contributed by atoms with E-state index in [2.05, 4.69) is 56.0 Å². The second-order valence-electron chi connectivity index (χ2n) is 6.80. The van der Waals surface area contributed by atoms with Crippen molar-refractivity contribution in [3.8, 4) is 11.5 Å². The van der Waals surface area contributed by atoms with Crippen LogP contribution in [0, 0.1) is 5.92 Å². The molecule has 1 aliphatic carbocycles. The maximum Gasteiger partial charge on any atom is 0.231 e. The van der Waals surface area contributed by atoms with E-state index in [0.717, 1.165) is 24.3 Å². The molecule has 0 saturated heterocycles. The van der Waals surface area contributed by atoms with Crippen LogP contribution in [-0.4, -0.2) is 6.79 Å². The van der Waals surface area contributed by atoms with E-state index >= 15 is 0 Å². The third kappa shape index (κ3) is 2.33. The molecule has 2 nitrogen and oxygen atoms in total. The van der Waals surface area contributed by atoms with Crippen molar-refractivity contribution in [1.29, 1.82) is 0 Å². The fourth-order valence-electron chi connectivity index (χ4n) is 3.91. The van der Waals surface area contributed by atoms with E-state index in [9.17, 15) is 0 Å². The fourth-order valence-corrected chi connectivity index (χ4v) is 3.91. The van der Waals surface area contributed by atoms with Gasteiger partial charge < -0.3 is 9.47 Å². The van der Waals surface area contributed by atoms with Gasteiger partial charge in [-0.2, -0.15) is 0 Å². The number of hydrogen-bond acceptors (Lipinski definition) is 2. The van der Waals surface area contributed by atoms with E-state index in [0.29, 0.717) is 12.7 Å². The SMILES string of the molecule is C=C1C[C@H](CCc2ccccc2)[C@@]1(C)c1ccc2c(c1)OCO2.